The van der Waals surface area contributed by atoms with Crippen LogP contribution in [0.25, 0.3) is 0 Å². The minimum absolute atomic E-state index is 0.0842. The monoisotopic (exact) mass is 1710 g/mol. The first kappa shape index (κ1) is 92.2. The summed E-state index contributed by atoms with van der Waals surface area (Å²) in [7, 11) is 0. The van der Waals surface area contributed by atoms with E-state index >= 15 is 0 Å². The van der Waals surface area contributed by atoms with Gasteiger partial charge in [-0.2, -0.15) is 26.3 Å². The third kappa shape index (κ3) is 23.3. The molecule has 116 heavy (non-hydrogen) atoms. The van der Waals surface area contributed by atoms with Gasteiger partial charge >= 0.3 is 61.6 Å². The predicted octanol–water partition coefficient (Wildman–Crippen LogP) is 14.8. The Hall–Kier alpha value is -12.7. The molecule has 0 amide bonds. The third-order valence-electron chi connectivity index (χ3n) is 15.1. The van der Waals surface area contributed by atoms with E-state index in [2.05, 4.69) is 80.5 Å². The number of carbonyl (C=O) groups excluding carboxylic acids is 10. The molecule has 5 aliphatic heterocycles. The molecule has 5 aromatic carbocycles. The number of halogens is 21. The van der Waals surface area contributed by atoms with Crippen LogP contribution in [0, 0.1) is 167 Å². The highest BCUT2D eigenvalue weighted by atomic mass is 19.2. The lowest BCUT2D eigenvalue weighted by molar-refractivity contribution is -0.0865. The molecule has 1 atom stereocenters. The lowest BCUT2D eigenvalue weighted by Crippen LogP contribution is -2.43. The number of hydrogen-bond acceptors (Lipinski definition) is 30. The molecule has 5 heterocycles. The molecule has 51 heteroatoms. The van der Waals surface area contributed by atoms with Crippen LogP contribution < -0.4 is 23.7 Å². The van der Waals surface area contributed by atoms with E-state index in [-0.39, 0.29) is 66.1 Å². The number of ether oxygens (including phenoxy) is 20. The first-order valence-electron chi connectivity index (χ1n) is 31.4. The highest BCUT2D eigenvalue weighted by Crippen LogP contribution is 2.37. The molecule has 5 aromatic rings. The van der Waals surface area contributed by atoms with E-state index in [1.165, 1.54) is 0 Å². The molecule has 0 aliphatic carbocycles. The molecule has 5 aliphatic rings. The number of hydrogen-bond donors (Lipinski definition) is 0. The van der Waals surface area contributed by atoms with Gasteiger partial charge in [-0.25, -0.2) is 114 Å². The molecule has 0 bridgehead atoms. The van der Waals surface area contributed by atoms with Crippen molar-refractivity contribution >= 4 is 61.6 Å². The standard InChI is InChI=1S/C15H14F4O6.C14H12F4O6.C13H10F4O6.C12H8F4O6.C11H5F5O6/c1-3-15(4-22-13(20)23-5-15)6-24-14(21)25-12-9(17)7(2)8(16)10(18)11(12)19;1-6-7(15)9(17)10(18)11(8(6)16)24-13(20)23-5-14(2)3-21-12(19)22-4-14;1-5-7(14)9(16)10(17)11(8(5)15)23-13(19)22-4-6-2-20-12(18)21-3-6;1-4-6(13)8(15)9(16)10(7(4)14)22-12(18)20-3-5-2-19-11(17)21-5;12-4-5(13)7(15)9(8(16)6(4)14)22-11(18)21-3-1-19-10(17)20-2-3/h3-6H2,1-2H3;3-5H2,1-2H3;6H,2-4H2,1H3;5H,2-3H2,1H3;3H,1-2H2. The van der Waals surface area contributed by atoms with Crippen molar-refractivity contribution in [3.8, 4) is 28.7 Å². The average molecular weight is 1710 g/mol. The van der Waals surface area contributed by atoms with Crippen LogP contribution in [0.4, 0.5) is 140 Å². The summed E-state index contributed by atoms with van der Waals surface area (Å²) in [6.45, 7) is 3.47. The summed E-state index contributed by atoms with van der Waals surface area (Å²) in [4.78, 5) is 111. The lowest BCUT2D eigenvalue weighted by Gasteiger charge is -2.33. The topological polar surface area (TPSA) is 355 Å². The summed E-state index contributed by atoms with van der Waals surface area (Å²) >= 11 is 0. The Labute approximate surface area is 631 Å². The van der Waals surface area contributed by atoms with Crippen molar-refractivity contribution in [3.63, 3.8) is 0 Å². The molecule has 0 spiro atoms. The van der Waals surface area contributed by atoms with Gasteiger partial charge in [0.05, 0.1) is 16.7 Å². The normalized spacial score (nSPS) is 15.8. The van der Waals surface area contributed by atoms with Crippen molar-refractivity contribution in [3.05, 3.63) is 144 Å². The van der Waals surface area contributed by atoms with Crippen molar-refractivity contribution < 1.29 is 235 Å². The van der Waals surface area contributed by atoms with E-state index in [1.807, 2.05) is 0 Å². The van der Waals surface area contributed by atoms with Crippen LogP contribution in [0.3, 0.4) is 0 Å². The van der Waals surface area contributed by atoms with Gasteiger partial charge in [0, 0.05) is 22.3 Å². The molecule has 0 N–H and O–H groups in total. The summed E-state index contributed by atoms with van der Waals surface area (Å²) in [6, 6.07) is 0. The summed E-state index contributed by atoms with van der Waals surface area (Å²) in [5, 5.41) is 0. The highest BCUT2D eigenvalue weighted by molar-refractivity contribution is 5.68. The van der Waals surface area contributed by atoms with Crippen LogP contribution in [0.15, 0.2) is 0 Å². The zero-order chi connectivity index (χ0) is 86.9. The number of cyclic esters (lactones) is 10. The van der Waals surface area contributed by atoms with E-state index in [9.17, 15) is 140 Å². The molecule has 5 saturated heterocycles. The quantitative estimate of drug-likeness (QED) is 0.0235. The van der Waals surface area contributed by atoms with Gasteiger partial charge in [-0.1, -0.05) is 6.92 Å². The van der Waals surface area contributed by atoms with Crippen LogP contribution >= 0.6 is 0 Å². The molecule has 0 aromatic heterocycles. The molecular weight excluding hydrogens is 1660 g/mol. The highest BCUT2D eigenvalue weighted by Gasteiger charge is 2.41. The number of rotatable bonds is 15. The van der Waals surface area contributed by atoms with E-state index in [0.29, 0.717) is 6.42 Å². The first-order valence-corrected chi connectivity index (χ1v) is 31.4. The zero-order valence-corrected chi connectivity index (χ0v) is 58.8. The smallest absolute Gasteiger partial charge is 0.434 e. The maximum atomic E-state index is 13.8. The van der Waals surface area contributed by atoms with Crippen LogP contribution in [0.1, 0.15) is 42.5 Å². The van der Waals surface area contributed by atoms with Gasteiger partial charge in [0.25, 0.3) is 0 Å². The number of carbonyl (C=O) groups is 10. The van der Waals surface area contributed by atoms with Gasteiger partial charge in [0.2, 0.25) is 81.1 Å². The van der Waals surface area contributed by atoms with Gasteiger partial charge in [0.15, 0.2) is 82.0 Å². The van der Waals surface area contributed by atoms with Crippen molar-refractivity contribution in [1.29, 1.82) is 0 Å². The Morgan fingerprint density at radius 3 is 0.940 bits per heavy atom. The summed E-state index contributed by atoms with van der Waals surface area (Å²) < 4.78 is 368. The fourth-order valence-corrected chi connectivity index (χ4v) is 8.43. The van der Waals surface area contributed by atoms with Crippen molar-refractivity contribution in [2.75, 3.05) is 85.9 Å². The van der Waals surface area contributed by atoms with Crippen LogP contribution in [0.2, 0.25) is 0 Å². The molecule has 30 nitrogen and oxygen atoms in total. The second-order valence-corrected chi connectivity index (χ2v) is 23.7. The molecule has 636 valence electrons. The van der Waals surface area contributed by atoms with E-state index in [1.54, 1.807) is 13.8 Å². The van der Waals surface area contributed by atoms with E-state index < -0.39 is 283 Å². The lowest BCUT2D eigenvalue weighted by atomic mass is 9.87. The van der Waals surface area contributed by atoms with Gasteiger partial charge in [0.1, 0.15) is 85.9 Å². The minimum atomic E-state index is -2.40. The molecular formula is C65H49F21O30. The summed E-state index contributed by atoms with van der Waals surface area (Å²) in [6.07, 6.45) is -14.2. The molecule has 1 unspecified atom stereocenters. The SMILES string of the molecule is CCC1(COC(=O)Oc2c(F)c(C)c(F)c(F)c2F)COC(=O)OC1.Cc1c(F)c(F)c(F)c(OC(=O)OCC2(C)COC(=O)OC2)c1F.Cc1c(F)c(F)c(F)c(OC(=O)OCC2COC(=O)O2)c1F.Cc1c(F)c(F)c(F)c(OC(=O)OCC2COC(=O)OC2)c1F.O=C1OCC(OC(=O)Oc2c(F)c(F)c(F)c(F)c2F)CO1. The van der Waals surface area contributed by atoms with Gasteiger partial charge in [-0.3, -0.25) is 0 Å². The van der Waals surface area contributed by atoms with Gasteiger partial charge in [-0.05, 0) is 41.0 Å². The van der Waals surface area contributed by atoms with Crippen LogP contribution in [-0.2, 0) is 71.1 Å². The fourth-order valence-electron chi connectivity index (χ4n) is 8.43. The molecule has 5 fully saturated rings. The van der Waals surface area contributed by atoms with Gasteiger partial charge < -0.3 is 94.7 Å². The van der Waals surface area contributed by atoms with E-state index in [4.69, 9.17) is 14.2 Å². The number of benzene rings is 5. The molecule has 0 radical (unpaired) electrons. The minimum Gasteiger partial charge on any atom is -0.434 e. The fraction of sp³-hybridized carbons (Fsp3) is 0.385. The zero-order valence-electron chi connectivity index (χ0n) is 58.8. The Morgan fingerprint density at radius 2 is 0.595 bits per heavy atom. The van der Waals surface area contributed by atoms with Crippen molar-refractivity contribution in [2.24, 2.45) is 16.7 Å². The van der Waals surface area contributed by atoms with Gasteiger partial charge in [-0.15, -0.1) is 0 Å². The predicted molar refractivity (Wildman–Crippen MR) is 319 cm³/mol. The average Bonchev–Trinajstić information content (AvgIpc) is 1.20. The largest absolute Gasteiger partial charge is 0.514 e. The van der Waals surface area contributed by atoms with Crippen LogP contribution in [-0.4, -0.2) is 160 Å². The third-order valence-corrected chi connectivity index (χ3v) is 15.1. The summed E-state index contributed by atoms with van der Waals surface area (Å²) in [5.74, 6) is -48.6. The second-order valence-electron chi connectivity index (χ2n) is 23.7. The van der Waals surface area contributed by atoms with Crippen molar-refractivity contribution in [2.45, 2.75) is 60.2 Å². The van der Waals surface area contributed by atoms with Crippen LogP contribution in [0.5, 0.6) is 28.7 Å². The second kappa shape index (κ2) is 39.9. The Bertz CT molecular complexity index is 4440. The summed E-state index contributed by atoms with van der Waals surface area (Å²) in [5.41, 5.74) is -5.16. The Kier molecular flexibility index (Phi) is 31.7. The molecule has 0 saturated carbocycles. The first-order chi connectivity index (χ1) is 54.3. The maximum absolute atomic E-state index is 13.8. The Balaban J connectivity index is 0.000000226. The Morgan fingerprint density at radius 1 is 0.319 bits per heavy atom. The maximum Gasteiger partial charge on any atom is 0.514 e. The molecule has 10 rings (SSSR count). The van der Waals surface area contributed by atoms with Crippen molar-refractivity contribution in [1.82, 2.24) is 0 Å². The van der Waals surface area contributed by atoms with E-state index in [0.717, 1.165) is 27.7 Å².